The van der Waals surface area contributed by atoms with Crippen molar-refractivity contribution >= 4 is 24.0 Å². The zero-order valence-corrected chi connectivity index (χ0v) is 14.3. The van der Waals surface area contributed by atoms with Crippen LogP contribution in [0.1, 0.15) is 31.8 Å². The summed E-state index contributed by atoms with van der Waals surface area (Å²) in [6.45, 7) is 1.50. The number of ether oxygens (including phenoxy) is 1. The van der Waals surface area contributed by atoms with E-state index in [4.69, 9.17) is 4.74 Å². The number of nitrogens with one attached hydrogen (secondary N) is 1. The third-order valence-electron chi connectivity index (χ3n) is 3.94. The minimum atomic E-state index is -0.343. The van der Waals surface area contributed by atoms with Gasteiger partial charge in [0.2, 0.25) is 0 Å². The molecule has 0 saturated carbocycles. The lowest BCUT2D eigenvalue weighted by molar-refractivity contribution is 0.0879. The topological polar surface area (TPSA) is 58.6 Å². The Hall–Kier alpha value is -2.92. The summed E-state index contributed by atoms with van der Waals surface area (Å²) < 4.78 is 5.66. The van der Waals surface area contributed by atoms with Gasteiger partial charge in [0.15, 0.2) is 0 Å². The summed E-state index contributed by atoms with van der Waals surface area (Å²) >= 11 is 0. The van der Waals surface area contributed by atoms with Crippen molar-refractivity contribution < 1.29 is 14.3 Å². The van der Waals surface area contributed by atoms with E-state index in [0.717, 1.165) is 23.4 Å². The van der Waals surface area contributed by atoms with E-state index in [2.05, 4.69) is 10.2 Å². The third kappa shape index (κ3) is 3.95. The van der Waals surface area contributed by atoms with Crippen LogP contribution in [0.2, 0.25) is 0 Å². The van der Waals surface area contributed by atoms with Gasteiger partial charge >= 0.3 is 0 Å². The number of carbonyl (C=O) groups excluding carboxylic acids is 2. The van der Waals surface area contributed by atoms with Gasteiger partial charge in [-0.15, -0.1) is 0 Å². The summed E-state index contributed by atoms with van der Waals surface area (Å²) in [5, 5.41) is 2.32. The first kappa shape index (κ1) is 16.9. The number of nitrogens with zero attached hydrogens (tertiary/aromatic N) is 1. The third-order valence-corrected chi connectivity index (χ3v) is 3.94. The van der Waals surface area contributed by atoms with Crippen LogP contribution in [0.25, 0.3) is 12.2 Å². The lowest BCUT2D eigenvalue weighted by atomic mass is 10.0. The Morgan fingerprint density at radius 1 is 1.00 bits per heavy atom. The van der Waals surface area contributed by atoms with Crippen molar-refractivity contribution in [3.8, 4) is 5.75 Å². The number of fused-ring (bicyclic) bond motifs is 1. The summed E-state index contributed by atoms with van der Waals surface area (Å²) in [7, 11) is 4.01. The maximum atomic E-state index is 11.9. The Labute approximate surface area is 146 Å². The number of carbonyl (C=O) groups is 2. The van der Waals surface area contributed by atoms with Crippen LogP contribution in [-0.2, 0) is 0 Å². The molecule has 5 nitrogen and oxygen atoms in total. The average Bonchev–Trinajstić information content (AvgIpc) is 2.89. The molecule has 0 saturated heterocycles. The predicted molar refractivity (Wildman–Crippen MR) is 97.7 cm³/mol. The van der Waals surface area contributed by atoms with E-state index in [1.807, 2.05) is 56.6 Å². The lowest BCUT2D eigenvalue weighted by Crippen LogP contribution is -2.20. The minimum absolute atomic E-state index is 0.338. The smallest absolute Gasteiger partial charge is 0.259 e. The van der Waals surface area contributed by atoms with Crippen LogP contribution < -0.4 is 10.1 Å². The van der Waals surface area contributed by atoms with Crippen molar-refractivity contribution in [1.82, 2.24) is 10.2 Å². The highest BCUT2D eigenvalue weighted by Crippen LogP contribution is 2.22. The average molecular weight is 336 g/mol. The summed E-state index contributed by atoms with van der Waals surface area (Å²) in [5.41, 5.74) is 2.58. The van der Waals surface area contributed by atoms with Crippen LogP contribution in [0.3, 0.4) is 0 Å². The molecule has 0 aromatic heterocycles. The summed E-state index contributed by atoms with van der Waals surface area (Å²) in [5.74, 6) is 0.143. The summed E-state index contributed by atoms with van der Waals surface area (Å²) in [6, 6.07) is 13.0. The Balaban J connectivity index is 1.71. The zero-order valence-electron chi connectivity index (χ0n) is 14.3. The van der Waals surface area contributed by atoms with E-state index in [1.165, 1.54) is 0 Å². The fourth-order valence-corrected chi connectivity index (χ4v) is 2.59. The van der Waals surface area contributed by atoms with Gasteiger partial charge < -0.3 is 9.64 Å². The molecule has 1 N–H and O–H groups in total. The van der Waals surface area contributed by atoms with Crippen LogP contribution in [-0.4, -0.2) is 44.0 Å². The normalized spacial score (nSPS) is 13.4. The molecule has 25 heavy (non-hydrogen) atoms. The fourth-order valence-electron chi connectivity index (χ4n) is 2.59. The van der Waals surface area contributed by atoms with E-state index in [0.29, 0.717) is 17.7 Å². The fraction of sp³-hybridized carbons (Fsp3) is 0.200. The van der Waals surface area contributed by atoms with Gasteiger partial charge in [-0.05, 0) is 43.4 Å². The van der Waals surface area contributed by atoms with Crippen LogP contribution in [0.4, 0.5) is 0 Å². The highest BCUT2D eigenvalue weighted by molar-refractivity contribution is 6.23. The maximum Gasteiger partial charge on any atom is 0.259 e. The summed E-state index contributed by atoms with van der Waals surface area (Å²) in [6.07, 6.45) is 3.76. The molecule has 1 heterocycles. The van der Waals surface area contributed by atoms with E-state index in [9.17, 15) is 9.59 Å². The number of imide groups is 1. The molecule has 1 aliphatic rings. The Morgan fingerprint density at radius 2 is 1.76 bits per heavy atom. The molecule has 1 aliphatic heterocycles. The number of hydrogen-bond donors (Lipinski definition) is 1. The lowest BCUT2D eigenvalue weighted by Gasteiger charge is -2.10. The van der Waals surface area contributed by atoms with E-state index in [1.54, 1.807) is 12.1 Å². The molecular weight excluding hydrogens is 316 g/mol. The molecule has 0 spiro atoms. The van der Waals surface area contributed by atoms with Gasteiger partial charge in [-0.2, -0.15) is 0 Å². The molecule has 5 heteroatoms. The number of likely N-dealkylation sites (N-methyl/N-ethyl adjacent to an activating group) is 1. The van der Waals surface area contributed by atoms with Crippen molar-refractivity contribution in [2.75, 3.05) is 27.2 Å². The first-order chi connectivity index (χ1) is 12.0. The molecule has 2 amide bonds. The zero-order chi connectivity index (χ0) is 17.8. The SMILES string of the molecule is CN(C)CCOc1ccc(/C=C/c2cccc3c2C(=O)NC3=O)cc1. The standard InChI is InChI=1S/C20H20N2O3/c1-22(2)12-13-25-16-10-7-14(8-11-16)6-9-15-4-3-5-17-18(15)20(24)21-19(17)23/h3-11H,12-13H2,1-2H3,(H,21,23,24)/b9-6+. The molecule has 128 valence electrons. The largest absolute Gasteiger partial charge is 0.492 e. The van der Waals surface area contributed by atoms with Gasteiger partial charge in [-0.25, -0.2) is 0 Å². The van der Waals surface area contributed by atoms with Crippen molar-refractivity contribution in [1.29, 1.82) is 0 Å². The van der Waals surface area contributed by atoms with Crippen LogP contribution in [0, 0.1) is 0 Å². The number of rotatable bonds is 6. The molecule has 0 fully saturated rings. The number of benzene rings is 2. The first-order valence-electron chi connectivity index (χ1n) is 8.09. The van der Waals surface area contributed by atoms with Gasteiger partial charge in [0.1, 0.15) is 12.4 Å². The number of amides is 2. The van der Waals surface area contributed by atoms with Crippen LogP contribution >= 0.6 is 0 Å². The number of hydrogen-bond acceptors (Lipinski definition) is 4. The van der Waals surface area contributed by atoms with Gasteiger partial charge in [-0.1, -0.05) is 36.4 Å². The molecule has 0 aliphatic carbocycles. The second-order valence-corrected chi connectivity index (χ2v) is 6.11. The Bertz CT molecular complexity index is 823. The second-order valence-electron chi connectivity index (χ2n) is 6.11. The highest BCUT2D eigenvalue weighted by atomic mass is 16.5. The molecule has 0 unspecified atom stereocenters. The molecule has 0 atom stereocenters. The Morgan fingerprint density at radius 3 is 2.48 bits per heavy atom. The molecule has 0 bridgehead atoms. The van der Waals surface area contributed by atoms with Crippen molar-refractivity contribution in [3.63, 3.8) is 0 Å². The van der Waals surface area contributed by atoms with Crippen molar-refractivity contribution in [3.05, 3.63) is 64.7 Å². The van der Waals surface area contributed by atoms with Gasteiger partial charge in [-0.3, -0.25) is 14.9 Å². The van der Waals surface area contributed by atoms with Crippen molar-refractivity contribution in [2.24, 2.45) is 0 Å². The van der Waals surface area contributed by atoms with E-state index >= 15 is 0 Å². The monoisotopic (exact) mass is 336 g/mol. The molecule has 3 rings (SSSR count). The molecule has 2 aromatic rings. The maximum absolute atomic E-state index is 11.9. The molecule has 2 aromatic carbocycles. The highest BCUT2D eigenvalue weighted by Gasteiger charge is 2.28. The summed E-state index contributed by atoms with van der Waals surface area (Å²) in [4.78, 5) is 25.7. The van der Waals surface area contributed by atoms with Gasteiger partial charge in [0.25, 0.3) is 11.8 Å². The predicted octanol–water partition coefficient (Wildman–Crippen LogP) is 2.68. The second kappa shape index (κ2) is 7.32. The van der Waals surface area contributed by atoms with Gasteiger partial charge in [0, 0.05) is 6.54 Å². The van der Waals surface area contributed by atoms with Crippen LogP contribution in [0.5, 0.6) is 5.75 Å². The molecular formula is C20H20N2O3. The van der Waals surface area contributed by atoms with Crippen LogP contribution in [0.15, 0.2) is 42.5 Å². The molecule has 0 radical (unpaired) electrons. The van der Waals surface area contributed by atoms with Crippen molar-refractivity contribution in [2.45, 2.75) is 0 Å². The van der Waals surface area contributed by atoms with E-state index in [-0.39, 0.29) is 11.8 Å². The minimum Gasteiger partial charge on any atom is -0.492 e. The quantitative estimate of drug-likeness (QED) is 0.651. The van der Waals surface area contributed by atoms with Gasteiger partial charge in [0.05, 0.1) is 11.1 Å². The Kier molecular flexibility index (Phi) is 4.95. The van der Waals surface area contributed by atoms with E-state index < -0.39 is 0 Å². The first-order valence-corrected chi connectivity index (χ1v) is 8.09.